The molecule has 0 radical (unpaired) electrons. The van der Waals surface area contributed by atoms with Gasteiger partial charge in [0.1, 0.15) is 11.9 Å². The van der Waals surface area contributed by atoms with Crippen molar-refractivity contribution in [1.82, 2.24) is 4.90 Å². The summed E-state index contributed by atoms with van der Waals surface area (Å²) in [5.41, 5.74) is 0.869. The lowest BCUT2D eigenvalue weighted by Crippen LogP contribution is -2.43. The van der Waals surface area contributed by atoms with E-state index in [0.29, 0.717) is 22.9 Å². The van der Waals surface area contributed by atoms with Crippen LogP contribution in [0.4, 0.5) is 14.9 Å². The molecule has 1 fully saturated rings. The second kappa shape index (κ2) is 5.48. The number of thioether (sulfide) groups is 1. The van der Waals surface area contributed by atoms with Crippen molar-refractivity contribution in [2.24, 2.45) is 0 Å². The van der Waals surface area contributed by atoms with Gasteiger partial charge < -0.3 is 15.3 Å². The number of urea groups is 1. The molecule has 1 aromatic carbocycles. The van der Waals surface area contributed by atoms with Crippen LogP contribution in [0.2, 0.25) is 0 Å². The van der Waals surface area contributed by atoms with Crippen molar-refractivity contribution in [3.05, 3.63) is 29.6 Å². The van der Waals surface area contributed by atoms with Gasteiger partial charge in [0.05, 0.1) is 5.88 Å². The number of carboxylic acid groups (broad SMARTS) is 1. The number of carbonyl (C=O) groups excluding carboxylic acids is 1. The zero-order valence-electron chi connectivity index (χ0n) is 10.2. The van der Waals surface area contributed by atoms with E-state index in [1.807, 2.05) is 0 Å². The monoisotopic (exact) mass is 284 g/mol. The first-order valence-electron chi connectivity index (χ1n) is 5.63. The number of hydrogen-bond donors (Lipinski definition) is 2. The van der Waals surface area contributed by atoms with Crippen LogP contribution in [-0.4, -0.2) is 39.7 Å². The van der Waals surface area contributed by atoms with Gasteiger partial charge in [-0.25, -0.2) is 14.0 Å². The standard InChI is InChI=1S/C12H13FN2O3S/c1-7-4-8(2-3-9(7)13)14-12(18)15-6-19-5-10(15)11(16)17/h2-4,10H,5-6H2,1H3,(H,14,18)(H,16,17)/t10-/m0/s1. The Balaban J connectivity index is 2.08. The molecule has 5 nitrogen and oxygen atoms in total. The minimum Gasteiger partial charge on any atom is -0.480 e. The summed E-state index contributed by atoms with van der Waals surface area (Å²) in [5, 5.41) is 11.6. The lowest BCUT2D eigenvalue weighted by atomic mass is 10.2. The number of nitrogens with zero attached hydrogens (tertiary/aromatic N) is 1. The van der Waals surface area contributed by atoms with Crippen LogP contribution in [0.1, 0.15) is 5.56 Å². The second-order valence-electron chi connectivity index (χ2n) is 4.22. The Bertz CT molecular complexity index is 524. The van der Waals surface area contributed by atoms with E-state index in [9.17, 15) is 14.0 Å². The molecule has 0 spiro atoms. The predicted octanol–water partition coefficient (Wildman–Crippen LogP) is 2.13. The molecule has 0 bridgehead atoms. The van der Waals surface area contributed by atoms with Gasteiger partial charge in [0, 0.05) is 11.4 Å². The fourth-order valence-corrected chi connectivity index (χ4v) is 2.91. The number of hydrogen-bond acceptors (Lipinski definition) is 3. The third-order valence-electron chi connectivity index (χ3n) is 2.84. The fourth-order valence-electron chi connectivity index (χ4n) is 1.77. The zero-order valence-corrected chi connectivity index (χ0v) is 11.0. The van der Waals surface area contributed by atoms with E-state index in [1.165, 1.54) is 34.9 Å². The van der Waals surface area contributed by atoms with Gasteiger partial charge in [-0.3, -0.25) is 0 Å². The quantitative estimate of drug-likeness (QED) is 0.873. The van der Waals surface area contributed by atoms with Gasteiger partial charge in [0.2, 0.25) is 0 Å². The molecule has 2 N–H and O–H groups in total. The smallest absolute Gasteiger partial charge is 0.327 e. The maximum atomic E-state index is 13.1. The van der Waals surface area contributed by atoms with Crippen LogP contribution < -0.4 is 5.32 Å². The van der Waals surface area contributed by atoms with Crippen LogP contribution >= 0.6 is 11.8 Å². The van der Waals surface area contributed by atoms with E-state index in [0.717, 1.165) is 0 Å². The molecule has 19 heavy (non-hydrogen) atoms. The molecular formula is C12H13FN2O3S. The van der Waals surface area contributed by atoms with Crippen LogP contribution in [0, 0.1) is 12.7 Å². The number of aliphatic carboxylic acids is 1. The Kier molecular flexibility index (Phi) is 3.94. The average Bonchev–Trinajstić information content (AvgIpc) is 2.83. The van der Waals surface area contributed by atoms with Crippen molar-refractivity contribution in [3.8, 4) is 0 Å². The molecular weight excluding hydrogens is 271 g/mol. The Morgan fingerprint density at radius 3 is 2.89 bits per heavy atom. The summed E-state index contributed by atoms with van der Waals surface area (Å²) in [5.74, 6) is -0.651. The summed E-state index contributed by atoms with van der Waals surface area (Å²) < 4.78 is 13.1. The number of benzene rings is 1. The van der Waals surface area contributed by atoms with Gasteiger partial charge in [0.15, 0.2) is 0 Å². The van der Waals surface area contributed by atoms with Gasteiger partial charge >= 0.3 is 12.0 Å². The topological polar surface area (TPSA) is 69.6 Å². The first-order chi connectivity index (χ1) is 8.99. The fraction of sp³-hybridized carbons (Fsp3) is 0.333. The highest BCUT2D eigenvalue weighted by molar-refractivity contribution is 7.99. The second-order valence-corrected chi connectivity index (χ2v) is 5.22. The number of carboxylic acids is 1. The number of anilines is 1. The van der Waals surface area contributed by atoms with Crippen LogP contribution in [0.3, 0.4) is 0 Å². The molecule has 0 saturated carbocycles. The van der Waals surface area contributed by atoms with Gasteiger partial charge in [-0.15, -0.1) is 11.8 Å². The molecule has 0 aromatic heterocycles. The summed E-state index contributed by atoms with van der Waals surface area (Å²) in [7, 11) is 0. The summed E-state index contributed by atoms with van der Waals surface area (Å²) in [6, 6.07) is 2.92. The van der Waals surface area contributed by atoms with Crippen molar-refractivity contribution < 1.29 is 19.1 Å². The summed E-state index contributed by atoms with van der Waals surface area (Å²) in [6.07, 6.45) is 0. The lowest BCUT2D eigenvalue weighted by molar-refractivity contribution is -0.140. The van der Waals surface area contributed by atoms with E-state index < -0.39 is 18.0 Å². The number of amides is 2. The average molecular weight is 284 g/mol. The van der Waals surface area contributed by atoms with Gasteiger partial charge in [-0.05, 0) is 30.7 Å². The molecule has 2 rings (SSSR count). The first-order valence-corrected chi connectivity index (χ1v) is 6.79. The summed E-state index contributed by atoms with van der Waals surface area (Å²) in [4.78, 5) is 24.2. The van der Waals surface area contributed by atoms with Crippen LogP contribution in [0.15, 0.2) is 18.2 Å². The minimum atomic E-state index is -1.02. The Morgan fingerprint density at radius 2 is 2.26 bits per heavy atom. The lowest BCUT2D eigenvalue weighted by Gasteiger charge is -2.21. The molecule has 2 amide bonds. The molecule has 0 unspecified atom stereocenters. The zero-order chi connectivity index (χ0) is 14.0. The highest BCUT2D eigenvalue weighted by atomic mass is 32.2. The molecule has 7 heteroatoms. The predicted molar refractivity (Wildman–Crippen MR) is 70.7 cm³/mol. The van der Waals surface area contributed by atoms with Crippen LogP contribution in [-0.2, 0) is 4.79 Å². The molecule has 1 saturated heterocycles. The van der Waals surface area contributed by atoms with Crippen molar-refractivity contribution >= 4 is 29.4 Å². The Labute approximate surface area is 113 Å². The minimum absolute atomic E-state index is 0.336. The van der Waals surface area contributed by atoms with Gasteiger partial charge in [0.25, 0.3) is 0 Å². The Hall–Kier alpha value is -1.76. The first kappa shape index (κ1) is 13.7. The maximum absolute atomic E-state index is 13.1. The van der Waals surface area contributed by atoms with Crippen molar-refractivity contribution in [1.29, 1.82) is 0 Å². The highest BCUT2D eigenvalue weighted by Gasteiger charge is 2.34. The number of rotatable bonds is 2. The molecule has 1 aliphatic rings. The number of carbonyl (C=O) groups is 2. The third kappa shape index (κ3) is 2.98. The van der Waals surface area contributed by atoms with Crippen molar-refractivity contribution in [2.75, 3.05) is 16.9 Å². The summed E-state index contributed by atoms with van der Waals surface area (Å²) in [6.45, 7) is 1.59. The molecule has 1 atom stereocenters. The van der Waals surface area contributed by atoms with Gasteiger partial charge in [-0.1, -0.05) is 0 Å². The molecule has 0 aliphatic carbocycles. The number of nitrogens with one attached hydrogen (secondary N) is 1. The van der Waals surface area contributed by atoms with E-state index in [2.05, 4.69) is 5.32 Å². The normalized spacial score (nSPS) is 18.4. The molecule has 1 heterocycles. The van der Waals surface area contributed by atoms with E-state index in [1.54, 1.807) is 6.92 Å². The Morgan fingerprint density at radius 1 is 1.53 bits per heavy atom. The van der Waals surface area contributed by atoms with E-state index >= 15 is 0 Å². The van der Waals surface area contributed by atoms with E-state index in [-0.39, 0.29) is 5.82 Å². The maximum Gasteiger partial charge on any atom is 0.327 e. The van der Waals surface area contributed by atoms with Crippen LogP contribution in [0.5, 0.6) is 0 Å². The van der Waals surface area contributed by atoms with Crippen molar-refractivity contribution in [2.45, 2.75) is 13.0 Å². The summed E-state index contributed by atoms with van der Waals surface area (Å²) >= 11 is 1.39. The number of halogens is 1. The largest absolute Gasteiger partial charge is 0.480 e. The molecule has 1 aromatic rings. The third-order valence-corrected chi connectivity index (χ3v) is 3.85. The van der Waals surface area contributed by atoms with Crippen molar-refractivity contribution in [3.63, 3.8) is 0 Å². The van der Waals surface area contributed by atoms with E-state index in [4.69, 9.17) is 5.11 Å². The molecule has 102 valence electrons. The van der Waals surface area contributed by atoms with Gasteiger partial charge in [-0.2, -0.15) is 0 Å². The highest BCUT2D eigenvalue weighted by Crippen LogP contribution is 2.22. The SMILES string of the molecule is Cc1cc(NC(=O)N2CSC[C@H]2C(=O)O)ccc1F. The number of aryl methyl sites for hydroxylation is 1. The molecule has 1 aliphatic heterocycles. The van der Waals surface area contributed by atoms with Crippen LogP contribution in [0.25, 0.3) is 0 Å².